The SMILES string of the molecule is CC(=O)C(N1CCCCC1)C(C)(C)CO. The van der Waals surface area contributed by atoms with Crippen LogP contribution >= 0.6 is 0 Å². The Labute approximate surface area is 92.5 Å². The lowest BCUT2D eigenvalue weighted by Crippen LogP contribution is -2.52. The Morgan fingerprint density at radius 3 is 2.27 bits per heavy atom. The van der Waals surface area contributed by atoms with Gasteiger partial charge < -0.3 is 5.11 Å². The first-order valence-corrected chi connectivity index (χ1v) is 5.84. The lowest BCUT2D eigenvalue weighted by atomic mass is 9.81. The van der Waals surface area contributed by atoms with Gasteiger partial charge >= 0.3 is 0 Å². The number of aliphatic hydroxyl groups excluding tert-OH is 1. The van der Waals surface area contributed by atoms with Crippen molar-refractivity contribution in [3.8, 4) is 0 Å². The lowest BCUT2D eigenvalue weighted by molar-refractivity contribution is -0.128. The van der Waals surface area contributed by atoms with Crippen molar-refractivity contribution in [3.05, 3.63) is 0 Å². The van der Waals surface area contributed by atoms with E-state index in [-0.39, 0.29) is 23.8 Å². The number of likely N-dealkylation sites (tertiary alicyclic amines) is 1. The molecule has 1 rings (SSSR count). The normalized spacial score (nSPS) is 21.3. The maximum absolute atomic E-state index is 11.7. The number of ketones is 1. The number of carbonyl (C=O) groups is 1. The smallest absolute Gasteiger partial charge is 0.147 e. The van der Waals surface area contributed by atoms with E-state index in [0.717, 1.165) is 13.1 Å². The quantitative estimate of drug-likeness (QED) is 0.768. The molecule has 3 nitrogen and oxygen atoms in total. The summed E-state index contributed by atoms with van der Waals surface area (Å²) in [5, 5.41) is 9.37. The molecule has 3 heteroatoms. The Bertz CT molecular complexity index is 220. The summed E-state index contributed by atoms with van der Waals surface area (Å²) in [6.07, 6.45) is 3.61. The van der Waals surface area contributed by atoms with E-state index >= 15 is 0 Å². The highest BCUT2D eigenvalue weighted by Crippen LogP contribution is 2.27. The van der Waals surface area contributed by atoms with Gasteiger partial charge in [0.15, 0.2) is 0 Å². The standard InChI is InChI=1S/C12H23NO2/c1-10(15)11(12(2,3)9-14)13-7-5-4-6-8-13/h11,14H,4-9H2,1-3H3. The molecule has 1 heterocycles. The highest BCUT2D eigenvalue weighted by molar-refractivity contribution is 5.82. The van der Waals surface area contributed by atoms with Crippen LogP contribution in [0.15, 0.2) is 0 Å². The molecule has 0 saturated carbocycles. The fourth-order valence-corrected chi connectivity index (χ4v) is 2.56. The van der Waals surface area contributed by atoms with Gasteiger partial charge in [0.05, 0.1) is 12.6 Å². The number of Topliss-reactive ketones (excluding diaryl/α,β-unsaturated/α-hetero) is 1. The molecule has 0 aromatic carbocycles. The number of nitrogens with zero attached hydrogens (tertiary/aromatic N) is 1. The average Bonchev–Trinajstić information content (AvgIpc) is 2.18. The summed E-state index contributed by atoms with van der Waals surface area (Å²) >= 11 is 0. The maximum Gasteiger partial charge on any atom is 0.147 e. The van der Waals surface area contributed by atoms with Crippen molar-refractivity contribution in [3.63, 3.8) is 0 Å². The highest BCUT2D eigenvalue weighted by atomic mass is 16.3. The minimum atomic E-state index is -0.330. The van der Waals surface area contributed by atoms with Crippen LogP contribution in [0.5, 0.6) is 0 Å². The van der Waals surface area contributed by atoms with Crippen molar-refractivity contribution in [2.75, 3.05) is 19.7 Å². The number of hydrogen-bond donors (Lipinski definition) is 1. The molecule has 0 bridgehead atoms. The molecule has 1 aliphatic rings. The summed E-state index contributed by atoms with van der Waals surface area (Å²) in [6.45, 7) is 7.62. The van der Waals surface area contributed by atoms with Gasteiger partial charge in [-0.15, -0.1) is 0 Å². The van der Waals surface area contributed by atoms with Gasteiger partial charge in [-0.2, -0.15) is 0 Å². The van der Waals surface area contributed by atoms with Crippen molar-refractivity contribution in [1.82, 2.24) is 4.90 Å². The molecule has 1 atom stereocenters. The van der Waals surface area contributed by atoms with Gasteiger partial charge in [0.2, 0.25) is 0 Å². The summed E-state index contributed by atoms with van der Waals surface area (Å²) < 4.78 is 0. The minimum Gasteiger partial charge on any atom is -0.396 e. The molecule has 1 unspecified atom stereocenters. The predicted molar refractivity (Wildman–Crippen MR) is 60.8 cm³/mol. The van der Waals surface area contributed by atoms with Gasteiger partial charge in [-0.25, -0.2) is 0 Å². The molecule has 0 aromatic rings. The molecule has 0 aromatic heterocycles. The summed E-state index contributed by atoms with van der Waals surface area (Å²) in [5.41, 5.74) is -0.330. The van der Waals surface area contributed by atoms with Crippen molar-refractivity contribution >= 4 is 5.78 Å². The molecule has 1 aliphatic heterocycles. The van der Waals surface area contributed by atoms with Crippen molar-refractivity contribution in [2.45, 2.75) is 46.1 Å². The molecule has 1 fully saturated rings. The summed E-state index contributed by atoms with van der Waals surface area (Å²) in [4.78, 5) is 13.9. The van der Waals surface area contributed by atoms with Crippen molar-refractivity contribution in [2.24, 2.45) is 5.41 Å². The molecule has 1 saturated heterocycles. The van der Waals surface area contributed by atoms with Crippen LogP contribution in [0, 0.1) is 5.41 Å². The molecular formula is C12H23NO2. The van der Waals surface area contributed by atoms with Crippen LogP contribution in [0.2, 0.25) is 0 Å². The monoisotopic (exact) mass is 213 g/mol. The topological polar surface area (TPSA) is 40.5 Å². The second-order valence-electron chi connectivity index (χ2n) is 5.26. The van der Waals surface area contributed by atoms with Crippen LogP contribution in [-0.4, -0.2) is 41.5 Å². The molecule has 0 spiro atoms. The maximum atomic E-state index is 11.7. The van der Waals surface area contributed by atoms with Gasteiger partial charge in [-0.05, 0) is 32.9 Å². The van der Waals surface area contributed by atoms with E-state index in [1.165, 1.54) is 19.3 Å². The summed E-state index contributed by atoms with van der Waals surface area (Å²) in [6, 6.07) is -0.122. The van der Waals surface area contributed by atoms with Crippen LogP contribution in [0.1, 0.15) is 40.0 Å². The van der Waals surface area contributed by atoms with E-state index in [4.69, 9.17) is 0 Å². The van der Waals surface area contributed by atoms with Crippen molar-refractivity contribution < 1.29 is 9.90 Å². The number of rotatable bonds is 4. The van der Waals surface area contributed by atoms with Crippen molar-refractivity contribution in [1.29, 1.82) is 0 Å². The van der Waals surface area contributed by atoms with Crippen LogP contribution < -0.4 is 0 Å². The number of hydrogen-bond acceptors (Lipinski definition) is 3. The Hall–Kier alpha value is -0.410. The van der Waals surface area contributed by atoms with Gasteiger partial charge in [-0.1, -0.05) is 20.3 Å². The zero-order valence-corrected chi connectivity index (χ0v) is 10.1. The van der Waals surface area contributed by atoms with E-state index in [1.807, 2.05) is 13.8 Å². The Morgan fingerprint density at radius 1 is 1.33 bits per heavy atom. The Morgan fingerprint density at radius 2 is 1.87 bits per heavy atom. The van der Waals surface area contributed by atoms with E-state index in [1.54, 1.807) is 6.92 Å². The van der Waals surface area contributed by atoms with Crippen LogP contribution in [0.25, 0.3) is 0 Å². The van der Waals surface area contributed by atoms with E-state index in [9.17, 15) is 9.90 Å². The van der Waals surface area contributed by atoms with Crippen LogP contribution in [-0.2, 0) is 4.79 Å². The second kappa shape index (κ2) is 5.08. The third-order valence-corrected chi connectivity index (χ3v) is 3.29. The molecule has 0 aliphatic carbocycles. The molecule has 1 N–H and O–H groups in total. The molecular weight excluding hydrogens is 190 g/mol. The van der Waals surface area contributed by atoms with E-state index in [0.29, 0.717) is 0 Å². The highest BCUT2D eigenvalue weighted by Gasteiger charge is 2.37. The fraction of sp³-hybridized carbons (Fsp3) is 0.917. The zero-order valence-electron chi connectivity index (χ0n) is 10.1. The summed E-state index contributed by atoms with van der Waals surface area (Å²) in [5.74, 6) is 0.177. The first kappa shape index (κ1) is 12.7. The number of aliphatic hydroxyl groups is 1. The molecule has 0 radical (unpaired) electrons. The Balaban J connectivity index is 2.76. The van der Waals surface area contributed by atoms with E-state index in [2.05, 4.69) is 4.90 Å². The molecule has 0 amide bonds. The summed E-state index contributed by atoms with van der Waals surface area (Å²) in [7, 11) is 0. The number of piperidine rings is 1. The largest absolute Gasteiger partial charge is 0.396 e. The fourth-order valence-electron chi connectivity index (χ4n) is 2.56. The predicted octanol–water partition coefficient (Wildman–Crippen LogP) is 1.45. The second-order valence-corrected chi connectivity index (χ2v) is 5.26. The van der Waals surface area contributed by atoms with Crippen LogP contribution in [0.4, 0.5) is 0 Å². The van der Waals surface area contributed by atoms with Gasteiger partial charge in [0.1, 0.15) is 5.78 Å². The van der Waals surface area contributed by atoms with Gasteiger partial charge in [0, 0.05) is 5.41 Å². The number of carbonyl (C=O) groups excluding carboxylic acids is 1. The van der Waals surface area contributed by atoms with Gasteiger partial charge in [0.25, 0.3) is 0 Å². The lowest BCUT2D eigenvalue weighted by Gasteiger charge is -2.41. The third kappa shape index (κ3) is 3.02. The Kier molecular flexibility index (Phi) is 4.29. The third-order valence-electron chi connectivity index (χ3n) is 3.29. The zero-order chi connectivity index (χ0) is 11.5. The minimum absolute atomic E-state index is 0.0632. The average molecular weight is 213 g/mol. The molecule has 15 heavy (non-hydrogen) atoms. The van der Waals surface area contributed by atoms with Gasteiger partial charge in [-0.3, -0.25) is 9.69 Å². The van der Waals surface area contributed by atoms with Crippen LogP contribution in [0.3, 0.4) is 0 Å². The first-order chi connectivity index (χ1) is 6.99. The van der Waals surface area contributed by atoms with E-state index < -0.39 is 0 Å². The first-order valence-electron chi connectivity index (χ1n) is 5.84. The molecule has 88 valence electrons.